The molecule has 2 heteroatoms. The van der Waals surface area contributed by atoms with Crippen LogP contribution in [0.4, 0.5) is 0 Å². The summed E-state index contributed by atoms with van der Waals surface area (Å²) in [7, 11) is 0. The lowest BCUT2D eigenvalue weighted by Crippen LogP contribution is -2.51. The Kier molecular flexibility index (Phi) is 6.66. The number of hydrogen-bond donors (Lipinski definition) is 1. The molecule has 2 aliphatic heterocycles. The SMILES string of the molecule is CCCCC(CC)CN1CCCCC1C1CCCN1. The van der Waals surface area contributed by atoms with Crippen molar-refractivity contribution in [1.82, 2.24) is 10.2 Å². The van der Waals surface area contributed by atoms with Crippen molar-refractivity contribution in [3.05, 3.63) is 0 Å². The normalized spacial score (nSPS) is 30.6. The molecule has 1 N–H and O–H groups in total. The number of nitrogens with zero attached hydrogens (tertiary/aromatic N) is 1. The zero-order valence-electron chi connectivity index (χ0n) is 13.2. The summed E-state index contributed by atoms with van der Waals surface area (Å²) in [6, 6.07) is 1.64. The first-order chi connectivity index (χ1) is 9.35. The molecular weight excluding hydrogens is 232 g/mol. The summed E-state index contributed by atoms with van der Waals surface area (Å²) in [5.74, 6) is 0.932. The van der Waals surface area contributed by atoms with Gasteiger partial charge in [-0.1, -0.05) is 39.5 Å². The monoisotopic (exact) mass is 266 g/mol. The Morgan fingerprint density at radius 2 is 2.05 bits per heavy atom. The van der Waals surface area contributed by atoms with Crippen LogP contribution in [0.1, 0.15) is 71.6 Å². The highest BCUT2D eigenvalue weighted by Gasteiger charge is 2.32. The van der Waals surface area contributed by atoms with Crippen LogP contribution in [-0.2, 0) is 0 Å². The first-order valence-corrected chi connectivity index (χ1v) is 8.82. The first kappa shape index (κ1) is 15.3. The van der Waals surface area contributed by atoms with Gasteiger partial charge in [0.25, 0.3) is 0 Å². The summed E-state index contributed by atoms with van der Waals surface area (Å²) in [4.78, 5) is 2.84. The summed E-state index contributed by atoms with van der Waals surface area (Å²) in [6.45, 7) is 8.67. The molecule has 19 heavy (non-hydrogen) atoms. The Morgan fingerprint density at radius 3 is 2.74 bits per heavy atom. The summed E-state index contributed by atoms with van der Waals surface area (Å²) < 4.78 is 0. The van der Waals surface area contributed by atoms with Gasteiger partial charge in [-0.05, 0) is 51.1 Å². The third-order valence-corrected chi connectivity index (χ3v) is 5.26. The van der Waals surface area contributed by atoms with Crippen molar-refractivity contribution >= 4 is 0 Å². The van der Waals surface area contributed by atoms with Gasteiger partial charge in [-0.25, -0.2) is 0 Å². The first-order valence-electron chi connectivity index (χ1n) is 8.82. The molecule has 2 saturated heterocycles. The van der Waals surface area contributed by atoms with Crippen molar-refractivity contribution in [2.24, 2.45) is 5.92 Å². The van der Waals surface area contributed by atoms with E-state index < -0.39 is 0 Å². The van der Waals surface area contributed by atoms with Gasteiger partial charge in [0, 0.05) is 18.6 Å². The van der Waals surface area contributed by atoms with Crippen LogP contribution in [0.25, 0.3) is 0 Å². The Balaban J connectivity index is 1.86. The summed E-state index contributed by atoms with van der Waals surface area (Å²) in [5.41, 5.74) is 0. The molecule has 0 aliphatic carbocycles. The average Bonchev–Trinajstić information content (AvgIpc) is 2.98. The van der Waals surface area contributed by atoms with Crippen LogP contribution in [-0.4, -0.2) is 36.6 Å². The minimum Gasteiger partial charge on any atom is -0.312 e. The van der Waals surface area contributed by atoms with Crippen LogP contribution in [0, 0.1) is 5.92 Å². The van der Waals surface area contributed by atoms with Gasteiger partial charge < -0.3 is 5.32 Å². The van der Waals surface area contributed by atoms with E-state index in [1.807, 2.05) is 0 Å². The fourth-order valence-electron chi connectivity index (χ4n) is 3.99. The second-order valence-electron chi connectivity index (χ2n) is 6.68. The number of unbranched alkanes of at least 4 members (excludes halogenated alkanes) is 1. The molecule has 0 bridgehead atoms. The van der Waals surface area contributed by atoms with Crippen LogP contribution < -0.4 is 5.32 Å². The number of nitrogens with one attached hydrogen (secondary N) is 1. The average molecular weight is 266 g/mol. The van der Waals surface area contributed by atoms with Gasteiger partial charge in [0.2, 0.25) is 0 Å². The van der Waals surface area contributed by atoms with Gasteiger partial charge >= 0.3 is 0 Å². The predicted octanol–water partition coefficient (Wildman–Crippen LogP) is 3.81. The Labute approximate surface area is 120 Å². The molecule has 0 amide bonds. The van der Waals surface area contributed by atoms with E-state index in [2.05, 4.69) is 24.1 Å². The molecule has 2 heterocycles. The highest BCUT2D eigenvalue weighted by Crippen LogP contribution is 2.26. The van der Waals surface area contributed by atoms with E-state index in [-0.39, 0.29) is 0 Å². The number of likely N-dealkylation sites (tertiary alicyclic amines) is 1. The van der Waals surface area contributed by atoms with Crippen molar-refractivity contribution < 1.29 is 0 Å². The molecule has 0 radical (unpaired) electrons. The standard InChI is InChI=1S/C17H34N2/c1-3-5-9-15(4-2)14-19-13-7-6-11-17(19)16-10-8-12-18-16/h15-18H,3-14H2,1-2H3. The molecular formula is C17H34N2. The van der Waals surface area contributed by atoms with E-state index in [9.17, 15) is 0 Å². The van der Waals surface area contributed by atoms with Crippen LogP contribution in [0.15, 0.2) is 0 Å². The third-order valence-electron chi connectivity index (χ3n) is 5.26. The lowest BCUT2D eigenvalue weighted by molar-refractivity contribution is 0.0969. The molecule has 3 unspecified atom stereocenters. The molecule has 0 spiro atoms. The highest BCUT2D eigenvalue weighted by atomic mass is 15.2. The van der Waals surface area contributed by atoms with Gasteiger partial charge in [0.15, 0.2) is 0 Å². The quantitative estimate of drug-likeness (QED) is 0.754. The van der Waals surface area contributed by atoms with Crippen molar-refractivity contribution in [3.63, 3.8) is 0 Å². The smallest absolute Gasteiger partial charge is 0.0249 e. The molecule has 2 rings (SSSR count). The zero-order chi connectivity index (χ0) is 13.5. The van der Waals surface area contributed by atoms with E-state index in [0.29, 0.717) is 0 Å². The number of rotatable bonds is 7. The molecule has 2 fully saturated rings. The largest absolute Gasteiger partial charge is 0.312 e. The second-order valence-corrected chi connectivity index (χ2v) is 6.68. The van der Waals surface area contributed by atoms with E-state index in [1.54, 1.807) is 0 Å². The summed E-state index contributed by atoms with van der Waals surface area (Å²) in [5, 5.41) is 3.75. The maximum absolute atomic E-state index is 3.75. The number of piperidine rings is 1. The van der Waals surface area contributed by atoms with E-state index in [1.165, 1.54) is 77.4 Å². The van der Waals surface area contributed by atoms with Crippen LogP contribution in [0.3, 0.4) is 0 Å². The molecule has 0 saturated carbocycles. The van der Waals surface area contributed by atoms with E-state index in [0.717, 1.165) is 18.0 Å². The molecule has 2 nitrogen and oxygen atoms in total. The maximum atomic E-state index is 3.75. The minimum absolute atomic E-state index is 0.795. The molecule has 0 aromatic rings. The highest BCUT2D eigenvalue weighted by molar-refractivity contribution is 4.91. The lowest BCUT2D eigenvalue weighted by atomic mass is 9.91. The van der Waals surface area contributed by atoms with Crippen molar-refractivity contribution in [3.8, 4) is 0 Å². The van der Waals surface area contributed by atoms with E-state index >= 15 is 0 Å². The summed E-state index contributed by atoms with van der Waals surface area (Å²) >= 11 is 0. The molecule has 0 aromatic carbocycles. The van der Waals surface area contributed by atoms with Crippen LogP contribution in [0.2, 0.25) is 0 Å². The third kappa shape index (κ3) is 4.46. The Morgan fingerprint density at radius 1 is 1.16 bits per heavy atom. The van der Waals surface area contributed by atoms with Gasteiger partial charge in [-0.15, -0.1) is 0 Å². The van der Waals surface area contributed by atoms with E-state index in [4.69, 9.17) is 0 Å². The predicted molar refractivity (Wildman–Crippen MR) is 83.5 cm³/mol. The van der Waals surface area contributed by atoms with Gasteiger partial charge in [0.1, 0.15) is 0 Å². The number of hydrogen-bond acceptors (Lipinski definition) is 2. The molecule has 3 atom stereocenters. The summed E-state index contributed by atoms with van der Waals surface area (Å²) in [6.07, 6.45) is 12.7. The van der Waals surface area contributed by atoms with Gasteiger partial charge in [0.05, 0.1) is 0 Å². The lowest BCUT2D eigenvalue weighted by Gasteiger charge is -2.41. The second kappa shape index (κ2) is 8.26. The van der Waals surface area contributed by atoms with Crippen molar-refractivity contribution in [2.45, 2.75) is 83.7 Å². The Bertz CT molecular complexity index is 235. The minimum atomic E-state index is 0.795. The molecule has 2 aliphatic rings. The van der Waals surface area contributed by atoms with Crippen LogP contribution >= 0.6 is 0 Å². The zero-order valence-corrected chi connectivity index (χ0v) is 13.2. The van der Waals surface area contributed by atoms with Crippen LogP contribution in [0.5, 0.6) is 0 Å². The van der Waals surface area contributed by atoms with Gasteiger partial charge in [-0.3, -0.25) is 4.90 Å². The Hall–Kier alpha value is -0.0800. The fraction of sp³-hybridized carbons (Fsp3) is 1.00. The maximum Gasteiger partial charge on any atom is 0.0249 e. The fourth-order valence-corrected chi connectivity index (χ4v) is 3.99. The van der Waals surface area contributed by atoms with Gasteiger partial charge in [-0.2, -0.15) is 0 Å². The molecule has 0 aromatic heterocycles. The topological polar surface area (TPSA) is 15.3 Å². The van der Waals surface area contributed by atoms with Crippen molar-refractivity contribution in [2.75, 3.05) is 19.6 Å². The molecule has 112 valence electrons. The van der Waals surface area contributed by atoms with Crippen molar-refractivity contribution in [1.29, 1.82) is 0 Å².